The summed E-state index contributed by atoms with van der Waals surface area (Å²) in [6, 6.07) is 20.3. The SMILES string of the molecule is CN(C)Cc1ccc(C(=O)N2CCC[C@H](c3cccc(-c4ccc(F)cc4)n3)C2)cc1. The van der Waals surface area contributed by atoms with E-state index in [4.69, 9.17) is 4.98 Å². The van der Waals surface area contributed by atoms with Gasteiger partial charge in [0.25, 0.3) is 5.91 Å². The predicted molar refractivity (Wildman–Crippen MR) is 121 cm³/mol. The quantitative estimate of drug-likeness (QED) is 0.588. The van der Waals surface area contributed by atoms with Crippen LogP contribution < -0.4 is 0 Å². The van der Waals surface area contributed by atoms with Gasteiger partial charge < -0.3 is 9.80 Å². The second-order valence-electron chi connectivity index (χ2n) is 8.48. The van der Waals surface area contributed by atoms with Gasteiger partial charge in [-0.05, 0) is 81.0 Å². The third kappa shape index (κ3) is 5.17. The van der Waals surface area contributed by atoms with Crippen molar-refractivity contribution in [3.8, 4) is 11.3 Å². The first kappa shape index (κ1) is 21.2. The summed E-state index contributed by atoms with van der Waals surface area (Å²) in [4.78, 5) is 22.0. The number of carbonyl (C=O) groups is 1. The first-order valence-electron chi connectivity index (χ1n) is 10.8. The molecule has 1 aliphatic heterocycles. The van der Waals surface area contributed by atoms with Crippen LogP contribution in [0, 0.1) is 5.82 Å². The summed E-state index contributed by atoms with van der Waals surface area (Å²) >= 11 is 0. The molecule has 0 radical (unpaired) electrons. The largest absolute Gasteiger partial charge is 0.338 e. The monoisotopic (exact) mass is 417 g/mol. The normalized spacial score (nSPS) is 16.5. The molecular weight excluding hydrogens is 389 g/mol. The van der Waals surface area contributed by atoms with Gasteiger partial charge in [0.2, 0.25) is 0 Å². The summed E-state index contributed by atoms with van der Waals surface area (Å²) in [6.07, 6.45) is 1.96. The maximum atomic E-state index is 13.2. The average Bonchev–Trinajstić information content (AvgIpc) is 2.79. The van der Waals surface area contributed by atoms with Gasteiger partial charge in [0.1, 0.15) is 5.82 Å². The van der Waals surface area contributed by atoms with Gasteiger partial charge in [-0.2, -0.15) is 0 Å². The van der Waals surface area contributed by atoms with Crippen LogP contribution in [-0.2, 0) is 6.54 Å². The lowest BCUT2D eigenvalue weighted by Gasteiger charge is -2.32. The fourth-order valence-electron chi connectivity index (χ4n) is 4.16. The Bertz CT molecular complexity index is 1030. The number of likely N-dealkylation sites (tertiary alicyclic amines) is 1. The van der Waals surface area contributed by atoms with Crippen molar-refractivity contribution in [1.29, 1.82) is 0 Å². The lowest BCUT2D eigenvalue weighted by molar-refractivity contribution is 0.0706. The van der Waals surface area contributed by atoms with Crippen LogP contribution in [0.1, 0.15) is 40.4 Å². The molecule has 3 aromatic rings. The molecule has 0 saturated carbocycles. The van der Waals surface area contributed by atoms with E-state index in [2.05, 4.69) is 4.90 Å². The highest BCUT2D eigenvalue weighted by Crippen LogP contribution is 2.28. The van der Waals surface area contributed by atoms with Crippen molar-refractivity contribution >= 4 is 5.91 Å². The number of pyridine rings is 1. The molecule has 2 aromatic carbocycles. The third-order valence-corrected chi connectivity index (χ3v) is 5.74. The Morgan fingerprint density at radius 2 is 1.81 bits per heavy atom. The van der Waals surface area contributed by atoms with Crippen LogP contribution in [0.25, 0.3) is 11.3 Å². The molecule has 1 fully saturated rings. The molecule has 4 rings (SSSR count). The highest BCUT2D eigenvalue weighted by Gasteiger charge is 2.26. The summed E-state index contributed by atoms with van der Waals surface area (Å²) in [5.41, 5.74) is 4.64. The fraction of sp³-hybridized carbons (Fsp3) is 0.308. The molecule has 160 valence electrons. The lowest BCUT2D eigenvalue weighted by Crippen LogP contribution is -2.39. The third-order valence-electron chi connectivity index (χ3n) is 5.74. The molecule has 0 spiro atoms. The molecule has 1 aromatic heterocycles. The minimum atomic E-state index is -0.254. The summed E-state index contributed by atoms with van der Waals surface area (Å²) < 4.78 is 13.2. The number of hydrogen-bond acceptors (Lipinski definition) is 3. The molecule has 1 aliphatic rings. The first-order chi connectivity index (χ1) is 15.0. The number of carbonyl (C=O) groups excluding carboxylic acids is 1. The Labute approximate surface area is 183 Å². The molecule has 1 amide bonds. The van der Waals surface area contributed by atoms with Crippen molar-refractivity contribution in [2.75, 3.05) is 27.2 Å². The Morgan fingerprint density at radius 1 is 1.06 bits per heavy atom. The zero-order valence-corrected chi connectivity index (χ0v) is 18.1. The standard InChI is InChI=1S/C26H28FN3O/c1-29(2)17-19-8-10-21(11-9-19)26(31)30-16-4-5-22(18-30)25-7-3-6-24(28-25)20-12-14-23(27)15-13-20/h3,6-15,22H,4-5,16-18H2,1-2H3/t22-/m0/s1. The smallest absolute Gasteiger partial charge is 0.253 e. The molecule has 2 heterocycles. The van der Waals surface area contributed by atoms with Crippen LogP contribution in [0.15, 0.2) is 66.7 Å². The van der Waals surface area contributed by atoms with Gasteiger partial charge in [0.05, 0.1) is 5.69 Å². The van der Waals surface area contributed by atoms with E-state index in [0.717, 1.165) is 48.4 Å². The van der Waals surface area contributed by atoms with Crippen molar-refractivity contribution in [2.24, 2.45) is 0 Å². The molecule has 1 atom stereocenters. The Hall–Kier alpha value is -3.05. The second kappa shape index (κ2) is 9.40. The van der Waals surface area contributed by atoms with E-state index in [-0.39, 0.29) is 17.6 Å². The van der Waals surface area contributed by atoms with E-state index < -0.39 is 0 Å². The van der Waals surface area contributed by atoms with Gasteiger partial charge in [-0.3, -0.25) is 9.78 Å². The van der Waals surface area contributed by atoms with Gasteiger partial charge in [-0.1, -0.05) is 18.2 Å². The number of halogens is 1. The molecule has 5 heteroatoms. The molecule has 0 unspecified atom stereocenters. The van der Waals surface area contributed by atoms with Gasteiger partial charge in [-0.15, -0.1) is 0 Å². The van der Waals surface area contributed by atoms with E-state index in [0.29, 0.717) is 6.54 Å². The highest BCUT2D eigenvalue weighted by molar-refractivity contribution is 5.94. The van der Waals surface area contributed by atoms with Gasteiger partial charge in [0, 0.05) is 42.4 Å². The van der Waals surface area contributed by atoms with Crippen LogP contribution in [0.5, 0.6) is 0 Å². The van der Waals surface area contributed by atoms with Gasteiger partial charge in [-0.25, -0.2) is 4.39 Å². The van der Waals surface area contributed by atoms with E-state index >= 15 is 0 Å². The summed E-state index contributed by atoms with van der Waals surface area (Å²) in [5.74, 6) is 0.0259. The van der Waals surface area contributed by atoms with Crippen LogP contribution in [0.3, 0.4) is 0 Å². The summed E-state index contributed by atoms with van der Waals surface area (Å²) in [7, 11) is 4.07. The van der Waals surface area contributed by atoms with Crippen molar-refractivity contribution in [3.05, 3.63) is 89.4 Å². The molecule has 0 aliphatic carbocycles. The van der Waals surface area contributed by atoms with Crippen LogP contribution in [0.4, 0.5) is 4.39 Å². The van der Waals surface area contributed by atoms with E-state index in [1.807, 2.05) is 61.5 Å². The number of nitrogens with zero attached hydrogens (tertiary/aromatic N) is 3. The number of benzene rings is 2. The maximum Gasteiger partial charge on any atom is 0.253 e. The van der Waals surface area contributed by atoms with Crippen molar-refractivity contribution < 1.29 is 9.18 Å². The Balaban J connectivity index is 1.48. The number of hydrogen-bond donors (Lipinski definition) is 0. The molecular formula is C26H28FN3O. The Morgan fingerprint density at radius 3 is 2.52 bits per heavy atom. The minimum Gasteiger partial charge on any atom is -0.338 e. The number of rotatable bonds is 5. The molecule has 31 heavy (non-hydrogen) atoms. The van der Waals surface area contributed by atoms with Crippen molar-refractivity contribution in [1.82, 2.24) is 14.8 Å². The van der Waals surface area contributed by atoms with E-state index in [9.17, 15) is 9.18 Å². The zero-order valence-electron chi connectivity index (χ0n) is 18.1. The fourth-order valence-corrected chi connectivity index (χ4v) is 4.16. The van der Waals surface area contributed by atoms with Crippen LogP contribution in [-0.4, -0.2) is 47.9 Å². The van der Waals surface area contributed by atoms with Crippen LogP contribution >= 0.6 is 0 Å². The number of aromatic nitrogens is 1. The van der Waals surface area contributed by atoms with E-state index in [1.54, 1.807) is 12.1 Å². The van der Waals surface area contributed by atoms with Crippen molar-refractivity contribution in [3.63, 3.8) is 0 Å². The van der Waals surface area contributed by atoms with Gasteiger partial charge >= 0.3 is 0 Å². The highest BCUT2D eigenvalue weighted by atomic mass is 19.1. The lowest BCUT2D eigenvalue weighted by atomic mass is 9.93. The van der Waals surface area contributed by atoms with Crippen LogP contribution in [0.2, 0.25) is 0 Å². The molecule has 0 N–H and O–H groups in total. The van der Waals surface area contributed by atoms with Crippen molar-refractivity contribution in [2.45, 2.75) is 25.3 Å². The predicted octanol–water partition coefficient (Wildman–Crippen LogP) is 4.97. The minimum absolute atomic E-state index is 0.0794. The van der Waals surface area contributed by atoms with Gasteiger partial charge in [0.15, 0.2) is 0 Å². The zero-order chi connectivity index (χ0) is 21.8. The topological polar surface area (TPSA) is 36.4 Å². The molecule has 4 nitrogen and oxygen atoms in total. The maximum absolute atomic E-state index is 13.2. The number of piperidine rings is 1. The second-order valence-corrected chi connectivity index (χ2v) is 8.48. The number of amides is 1. The first-order valence-corrected chi connectivity index (χ1v) is 10.8. The summed E-state index contributed by atoms with van der Waals surface area (Å²) in [6.45, 7) is 2.29. The summed E-state index contributed by atoms with van der Waals surface area (Å²) in [5, 5.41) is 0. The Kier molecular flexibility index (Phi) is 6.42. The van der Waals surface area contributed by atoms with E-state index in [1.165, 1.54) is 17.7 Å². The molecule has 1 saturated heterocycles. The average molecular weight is 418 g/mol. The molecule has 0 bridgehead atoms.